The van der Waals surface area contributed by atoms with Crippen molar-refractivity contribution in [1.29, 1.82) is 0 Å². The van der Waals surface area contributed by atoms with Crippen LogP contribution in [0.15, 0.2) is 0 Å². The Balaban J connectivity index is 2.34. The molecule has 0 bridgehead atoms. The van der Waals surface area contributed by atoms with E-state index < -0.39 is 0 Å². The standard InChI is InChI=1S/C8H14O2/c1-3-4-7-5-6(2)8(9)10-7/h6-7H,3-5H2,1-2H3/t6-,7+/m1/s1. The first-order valence-electron chi connectivity index (χ1n) is 3.94. The van der Waals surface area contributed by atoms with E-state index in [9.17, 15) is 4.79 Å². The number of ether oxygens (including phenoxy) is 1. The van der Waals surface area contributed by atoms with Crippen molar-refractivity contribution < 1.29 is 9.53 Å². The SMILES string of the molecule is CCC[C@H]1C[C@@H](C)C(=O)O1. The maximum absolute atomic E-state index is 10.8. The lowest BCUT2D eigenvalue weighted by molar-refractivity contribution is -0.144. The van der Waals surface area contributed by atoms with Crippen molar-refractivity contribution in [2.24, 2.45) is 5.92 Å². The molecule has 10 heavy (non-hydrogen) atoms. The Morgan fingerprint density at radius 3 is 2.80 bits per heavy atom. The zero-order valence-electron chi connectivity index (χ0n) is 6.59. The Hall–Kier alpha value is -0.530. The number of carbonyl (C=O) groups excluding carboxylic acids is 1. The fraction of sp³-hybridized carbons (Fsp3) is 0.875. The van der Waals surface area contributed by atoms with Crippen LogP contribution in [0, 0.1) is 5.92 Å². The largest absolute Gasteiger partial charge is 0.462 e. The molecule has 1 fully saturated rings. The van der Waals surface area contributed by atoms with Gasteiger partial charge in [-0.2, -0.15) is 0 Å². The number of hydrogen-bond acceptors (Lipinski definition) is 2. The van der Waals surface area contributed by atoms with Crippen molar-refractivity contribution in [2.45, 2.75) is 39.2 Å². The summed E-state index contributed by atoms with van der Waals surface area (Å²) in [6.45, 7) is 4.04. The molecular weight excluding hydrogens is 128 g/mol. The van der Waals surface area contributed by atoms with Crippen molar-refractivity contribution in [3.05, 3.63) is 0 Å². The lowest BCUT2D eigenvalue weighted by atomic mass is 10.1. The van der Waals surface area contributed by atoms with Crippen molar-refractivity contribution >= 4 is 5.97 Å². The van der Waals surface area contributed by atoms with Crippen molar-refractivity contribution in [3.8, 4) is 0 Å². The second-order valence-corrected chi connectivity index (χ2v) is 2.98. The average molecular weight is 142 g/mol. The first-order chi connectivity index (χ1) is 4.74. The van der Waals surface area contributed by atoms with Crippen LogP contribution in [0.25, 0.3) is 0 Å². The molecule has 0 unspecified atom stereocenters. The molecule has 58 valence electrons. The van der Waals surface area contributed by atoms with Crippen LogP contribution in [-0.2, 0) is 9.53 Å². The van der Waals surface area contributed by atoms with Gasteiger partial charge in [-0.05, 0) is 12.8 Å². The third kappa shape index (κ3) is 1.49. The number of esters is 1. The highest BCUT2D eigenvalue weighted by Crippen LogP contribution is 2.23. The third-order valence-corrected chi connectivity index (χ3v) is 1.91. The van der Waals surface area contributed by atoms with Gasteiger partial charge in [-0.3, -0.25) is 4.79 Å². The predicted octanol–water partition coefficient (Wildman–Crippen LogP) is 1.74. The number of hydrogen-bond donors (Lipinski definition) is 0. The van der Waals surface area contributed by atoms with Gasteiger partial charge in [0.1, 0.15) is 6.10 Å². The summed E-state index contributed by atoms with van der Waals surface area (Å²) in [5, 5.41) is 0. The van der Waals surface area contributed by atoms with Gasteiger partial charge < -0.3 is 4.74 Å². The Morgan fingerprint density at radius 1 is 1.70 bits per heavy atom. The molecule has 1 aliphatic heterocycles. The molecular formula is C8H14O2. The molecule has 0 N–H and O–H groups in total. The van der Waals surface area contributed by atoms with Crippen LogP contribution in [0.1, 0.15) is 33.1 Å². The van der Waals surface area contributed by atoms with Gasteiger partial charge in [0.25, 0.3) is 0 Å². The fourth-order valence-electron chi connectivity index (χ4n) is 1.32. The quantitative estimate of drug-likeness (QED) is 0.549. The molecule has 1 aliphatic rings. The Labute approximate surface area is 61.6 Å². The molecule has 0 spiro atoms. The van der Waals surface area contributed by atoms with E-state index in [2.05, 4.69) is 6.92 Å². The van der Waals surface area contributed by atoms with Crippen LogP contribution in [0.4, 0.5) is 0 Å². The minimum absolute atomic E-state index is 0.0153. The summed E-state index contributed by atoms with van der Waals surface area (Å²) < 4.78 is 5.08. The summed E-state index contributed by atoms with van der Waals surface area (Å²) in [6, 6.07) is 0. The zero-order chi connectivity index (χ0) is 7.56. The van der Waals surface area contributed by atoms with Crippen molar-refractivity contribution in [1.82, 2.24) is 0 Å². The van der Waals surface area contributed by atoms with Gasteiger partial charge in [0, 0.05) is 0 Å². The third-order valence-electron chi connectivity index (χ3n) is 1.91. The second-order valence-electron chi connectivity index (χ2n) is 2.98. The molecule has 2 nitrogen and oxygen atoms in total. The molecule has 1 rings (SSSR count). The minimum Gasteiger partial charge on any atom is -0.462 e. The predicted molar refractivity (Wildman–Crippen MR) is 38.6 cm³/mol. The van der Waals surface area contributed by atoms with E-state index in [0.717, 1.165) is 19.3 Å². The molecule has 2 atom stereocenters. The van der Waals surface area contributed by atoms with Gasteiger partial charge in [-0.1, -0.05) is 20.3 Å². The Bertz CT molecular complexity index is 131. The molecule has 0 radical (unpaired) electrons. The normalized spacial score (nSPS) is 32.4. The van der Waals surface area contributed by atoms with E-state index in [1.165, 1.54) is 0 Å². The summed E-state index contributed by atoms with van der Waals surface area (Å²) in [5.74, 6) is 0.120. The van der Waals surface area contributed by atoms with Crippen LogP contribution in [0.3, 0.4) is 0 Å². The lowest BCUT2D eigenvalue weighted by Gasteiger charge is -2.04. The molecule has 1 saturated heterocycles. The van der Waals surface area contributed by atoms with Gasteiger partial charge in [0.15, 0.2) is 0 Å². The van der Waals surface area contributed by atoms with Crippen LogP contribution in [-0.4, -0.2) is 12.1 Å². The number of carbonyl (C=O) groups is 1. The molecule has 0 aliphatic carbocycles. The van der Waals surface area contributed by atoms with Gasteiger partial charge >= 0.3 is 5.97 Å². The van der Waals surface area contributed by atoms with Gasteiger partial charge in [0.05, 0.1) is 5.92 Å². The summed E-state index contributed by atoms with van der Waals surface area (Å²) in [4.78, 5) is 10.8. The smallest absolute Gasteiger partial charge is 0.309 e. The average Bonchev–Trinajstić information content (AvgIpc) is 2.14. The van der Waals surface area contributed by atoms with Crippen LogP contribution < -0.4 is 0 Å². The highest BCUT2D eigenvalue weighted by atomic mass is 16.5. The molecule has 0 aromatic rings. The Kier molecular flexibility index (Phi) is 2.30. The van der Waals surface area contributed by atoms with Crippen LogP contribution in [0.2, 0.25) is 0 Å². The monoisotopic (exact) mass is 142 g/mol. The molecule has 0 aromatic carbocycles. The summed E-state index contributed by atoms with van der Waals surface area (Å²) in [6.07, 6.45) is 3.26. The lowest BCUT2D eigenvalue weighted by Crippen LogP contribution is -2.05. The maximum Gasteiger partial charge on any atom is 0.309 e. The second kappa shape index (κ2) is 3.04. The molecule has 1 heterocycles. The molecule has 0 aromatic heterocycles. The van der Waals surface area contributed by atoms with E-state index in [4.69, 9.17) is 4.74 Å². The van der Waals surface area contributed by atoms with E-state index in [0.29, 0.717) is 0 Å². The van der Waals surface area contributed by atoms with Gasteiger partial charge in [0.2, 0.25) is 0 Å². The number of cyclic esters (lactones) is 1. The summed E-state index contributed by atoms with van der Waals surface area (Å²) in [7, 11) is 0. The highest BCUT2D eigenvalue weighted by Gasteiger charge is 2.29. The van der Waals surface area contributed by atoms with E-state index in [-0.39, 0.29) is 18.0 Å². The summed E-state index contributed by atoms with van der Waals surface area (Å²) >= 11 is 0. The zero-order valence-corrected chi connectivity index (χ0v) is 6.59. The first-order valence-corrected chi connectivity index (χ1v) is 3.94. The highest BCUT2D eigenvalue weighted by molar-refractivity contribution is 5.74. The van der Waals surface area contributed by atoms with Gasteiger partial charge in [-0.15, -0.1) is 0 Å². The maximum atomic E-state index is 10.8. The van der Waals surface area contributed by atoms with Gasteiger partial charge in [-0.25, -0.2) is 0 Å². The number of rotatable bonds is 2. The van der Waals surface area contributed by atoms with Crippen LogP contribution in [0.5, 0.6) is 0 Å². The Morgan fingerprint density at radius 2 is 2.40 bits per heavy atom. The van der Waals surface area contributed by atoms with Crippen LogP contribution >= 0.6 is 0 Å². The minimum atomic E-state index is -0.0153. The van der Waals surface area contributed by atoms with E-state index >= 15 is 0 Å². The van der Waals surface area contributed by atoms with E-state index in [1.54, 1.807) is 0 Å². The molecule has 0 saturated carbocycles. The molecule has 0 amide bonds. The van der Waals surface area contributed by atoms with Crippen molar-refractivity contribution in [2.75, 3.05) is 0 Å². The van der Waals surface area contributed by atoms with E-state index in [1.807, 2.05) is 6.92 Å². The topological polar surface area (TPSA) is 26.3 Å². The summed E-state index contributed by atoms with van der Waals surface area (Å²) in [5.41, 5.74) is 0. The van der Waals surface area contributed by atoms with Crippen molar-refractivity contribution in [3.63, 3.8) is 0 Å². The molecule has 2 heteroatoms. The fourth-order valence-corrected chi connectivity index (χ4v) is 1.32. The first kappa shape index (κ1) is 7.58.